The lowest BCUT2D eigenvalue weighted by molar-refractivity contribution is 0.466. The van der Waals surface area contributed by atoms with Gasteiger partial charge in [-0.1, -0.05) is 59.6 Å². The summed E-state index contributed by atoms with van der Waals surface area (Å²) in [5, 5.41) is 26.0. The molecule has 160 valence electrons. The molecule has 0 atom stereocenters. The second-order valence-corrected chi connectivity index (χ2v) is 8.93. The number of aromatic nitrogens is 1. The number of thiazole rings is 1. The van der Waals surface area contributed by atoms with Crippen molar-refractivity contribution in [1.29, 1.82) is 5.26 Å². The normalized spacial score (nSPS) is 11.9. The maximum atomic E-state index is 10.8. The summed E-state index contributed by atoms with van der Waals surface area (Å²) in [5.41, 5.74) is 2.29. The van der Waals surface area contributed by atoms with Crippen LogP contribution in [0, 0.1) is 11.3 Å². The van der Waals surface area contributed by atoms with Gasteiger partial charge in [0.25, 0.3) is 0 Å². The minimum atomic E-state index is -0.290. The molecule has 0 aliphatic carbocycles. The third-order valence-corrected chi connectivity index (χ3v) is 6.57. The molecule has 0 saturated heterocycles. The zero-order chi connectivity index (χ0) is 22.9. The SMILES string of the molecule is N#CC(=C(O)c1ccc(-c2cc(Cl)ccc2Cl)o1)c1nc(-c2ccc3ccccc3c2)cs1. The molecule has 0 unspecified atom stereocenters. The number of rotatable bonds is 4. The van der Waals surface area contributed by atoms with Crippen molar-refractivity contribution in [3.05, 3.63) is 99.0 Å². The molecule has 0 aliphatic rings. The van der Waals surface area contributed by atoms with Gasteiger partial charge in [-0.25, -0.2) is 4.98 Å². The third-order valence-electron chi connectivity index (χ3n) is 5.15. The molecule has 0 saturated carbocycles. The van der Waals surface area contributed by atoms with Crippen LogP contribution in [0.1, 0.15) is 10.8 Å². The van der Waals surface area contributed by atoms with Crippen molar-refractivity contribution in [2.24, 2.45) is 0 Å². The Morgan fingerprint density at radius 1 is 0.970 bits per heavy atom. The predicted molar refractivity (Wildman–Crippen MR) is 134 cm³/mol. The molecule has 33 heavy (non-hydrogen) atoms. The summed E-state index contributed by atoms with van der Waals surface area (Å²) in [5.74, 6) is 0.277. The van der Waals surface area contributed by atoms with Crippen LogP contribution in [-0.2, 0) is 0 Å². The summed E-state index contributed by atoms with van der Waals surface area (Å²) < 4.78 is 5.79. The second-order valence-electron chi connectivity index (χ2n) is 7.22. The zero-order valence-electron chi connectivity index (χ0n) is 16.9. The Balaban J connectivity index is 1.50. The topological polar surface area (TPSA) is 70.0 Å². The fourth-order valence-electron chi connectivity index (χ4n) is 3.49. The highest BCUT2D eigenvalue weighted by Gasteiger charge is 2.19. The van der Waals surface area contributed by atoms with Gasteiger partial charge in [0.2, 0.25) is 0 Å². The second kappa shape index (κ2) is 8.76. The van der Waals surface area contributed by atoms with Gasteiger partial charge in [-0.2, -0.15) is 5.26 Å². The first-order chi connectivity index (χ1) is 16.0. The lowest BCUT2D eigenvalue weighted by atomic mass is 10.1. The number of nitrogens with zero attached hydrogens (tertiary/aromatic N) is 2. The molecule has 0 amide bonds. The maximum absolute atomic E-state index is 10.8. The number of allylic oxidation sites excluding steroid dienone is 1. The van der Waals surface area contributed by atoms with E-state index in [1.807, 2.05) is 41.8 Å². The van der Waals surface area contributed by atoms with Crippen molar-refractivity contribution < 1.29 is 9.52 Å². The molecular formula is C26H14Cl2N2O2S. The van der Waals surface area contributed by atoms with Crippen LogP contribution in [0.2, 0.25) is 10.0 Å². The average molecular weight is 489 g/mol. The molecule has 0 spiro atoms. The van der Waals surface area contributed by atoms with Crippen LogP contribution >= 0.6 is 34.5 Å². The number of nitriles is 1. The fourth-order valence-corrected chi connectivity index (χ4v) is 4.70. The van der Waals surface area contributed by atoms with Gasteiger partial charge in [-0.3, -0.25) is 0 Å². The van der Waals surface area contributed by atoms with Crippen molar-refractivity contribution in [2.45, 2.75) is 0 Å². The molecule has 4 nitrogen and oxygen atoms in total. The summed E-state index contributed by atoms with van der Waals surface area (Å²) >= 11 is 13.6. The van der Waals surface area contributed by atoms with Crippen molar-refractivity contribution in [3.8, 4) is 28.7 Å². The van der Waals surface area contributed by atoms with Crippen molar-refractivity contribution in [1.82, 2.24) is 4.98 Å². The van der Waals surface area contributed by atoms with Crippen LogP contribution in [0.5, 0.6) is 0 Å². The summed E-state index contributed by atoms with van der Waals surface area (Å²) in [6, 6.07) is 24.5. The Bertz CT molecular complexity index is 1580. The summed E-state index contributed by atoms with van der Waals surface area (Å²) in [6.07, 6.45) is 0. The van der Waals surface area contributed by atoms with Gasteiger partial charge in [0, 0.05) is 21.5 Å². The van der Waals surface area contributed by atoms with E-state index in [4.69, 9.17) is 27.6 Å². The third kappa shape index (κ3) is 4.12. The maximum Gasteiger partial charge on any atom is 0.179 e. The van der Waals surface area contributed by atoms with Crippen LogP contribution in [0.3, 0.4) is 0 Å². The van der Waals surface area contributed by atoms with Crippen molar-refractivity contribution in [2.75, 3.05) is 0 Å². The van der Waals surface area contributed by atoms with E-state index < -0.39 is 0 Å². The molecule has 0 fully saturated rings. The van der Waals surface area contributed by atoms with E-state index in [9.17, 15) is 10.4 Å². The highest BCUT2D eigenvalue weighted by molar-refractivity contribution is 7.11. The highest BCUT2D eigenvalue weighted by Crippen LogP contribution is 2.35. The van der Waals surface area contributed by atoms with Gasteiger partial charge in [0.15, 0.2) is 11.5 Å². The lowest BCUT2D eigenvalue weighted by Gasteiger charge is -2.02. The van der Waals surface area contributed by atoms with Crippen LogP contribution in [0.4, 0.5) is 0 Å². The van der Waals surface area contributed by atoms with Gasteiger partial charge in [-0.05, 0) is 47.2 Å². The molecule has 1 N–H and O–H groups in total. The largest absolute Gasteiger partial charge is 0.503 e. The predicted octanol–water partition coefficient (Wildman–Crippen LogP) is 8.48. The number of hydrogen-bond donors (Lipinski definition) is 1. The van der Waals surface area contributed by atoms with E-state index in [1.165, 1.54) is 11.3 Å². The molecule has 0 radical (unpaired) electrons. The molecule has 7 heteroatoms. The number of benzene rings is 3. The molecule has 0 bridgehead atoms. The van der Waals surface area contributed by atoms with Crippen LogP contribution in [0.15, 0.2) is 82.6 Å². The zero-order valence-corrected chi connectivity index (χ0v) is 19.2. The molecular weight excluding hydrogens is 475 g/mol. The van der Waals surface area contributed by atoms with Gasteiger partial charge in [-0.15, -0.1) is 11.3 Å². The highest BCUT2D eigenvalue weighted by atomic mass is 35.5. The minimum absolute atomic E-state index is 0.0325. The number of halogens is 2. The van der Waals surface area contributed by atoms with Crippen molar-refractivity contribution >= 4 is 56.6 Å². The molecule has 2 heterocycles. The van der Waals surface area contributed by atoms with Gasteiger partial charge in [0.05, 0.1) is 10.7 Å². The first-order valence-corrected chi connectivity index (χ1v) is 11.5. The summed E-state index contributed by atoms with van der Waals surface area (Å²) in [7, 11) is 0. The minimum Gasteiger partial charge on any atom is -0.503 e. The van der Waals surface area contributed by atoms with Crippen LogP contribution in [-0.4, -0.2) is 10.1 Å². The fraction of sp³-hybridized carbons (Fsp3) is 0. The smallest absolute Gasteiger partial charge is 0.179 e. The Labute approximate surface area is 203 Å². The molecule has 3 aromatic carbocycles. The van der Waals surface area contributed by atoms with E-state index in [2.05, 4.69) is 17.1 Å². The van der Waals surface area contributed by atoms with E-state index >= 15 is 0 Å². The number of fused-ring (bicyclic) bond motifs is 1. The van der Waals surface area contributed by atoms with E-state index in [-0.39, 0.29) is 17.1 Å². The van der Waals surface area contributed by atoms with Gasteiger partial charge < -0.3 is 9.52 Å². The lowest BCUT2D eigenvalue weighted by Crippen LogP contribution is -1.89. The number of hydrogen-bond acceptors (Lipinski definition) is 5. The van der Waals surface area contributed by atoms with E-state index in [0.29, 0.717) is 26.4 Å². The van der Waals surface area contributed by atoms with Crippen molar-refractivity contribution in [3.63, 3.8) is 0 Å². The van der Waals surface area contributed by atoms with Gasteiger partial charge in [0.1, 0.15) is 22.4 Å². The Hall–Kier alpha value is -3.56. The van der Waals surface area contributed by atoms with E-state index in [0.717, 1.165) is 22.0 Å². The van der Waals surface area contributed by atoms with E-state index in [1.54, 1.807) is 30.3 Å². The standard InChI is InChI=1S/C26H14Cl2N2O2S/c27-18-7-8-21(28)19(12-18)23-9-10-24(32-23)25(31)20(13-29)26-30-22(14-33-26)17-6-5-15-3-1-2-4-16(15)11-17/h1-12,14,31H. The average Bonchev–Trinajstić information content (AvgIpc) is 3.51. The number of furan rings is 1. The first kappa shape index (κ1) is 21.3. The monoisotopic (exact) mass is 488 g/mol. The summed E-state index contributed by atoms with van der Waals surface area (Å²) in [4.78, 5) is 4.59. The number of aliphatic hydroxyl groups is 1. The molecule has 0 aliphatic heterocycles. The molecule has 5 rings (SSSR count). The Kier molecular flexibility index (Phi) is 5.65. The number of aliphatic hydroxyl groups excluding tert-OH is 1. The summed E-state index contributed by atoms with van der Waals surface area (Å²) in [6.45, 7) is 0. The Morgan fingerprint density at radius 2 is 1.79 bits per heavy atom. The van der Waals surface area contributed by atoms with Gasteiger partial charge >= 0.3 is 0 Å². The Morgan fingerprint density at radius 3 is 2.61 bits per heavy atom. The molecule has 5 aromatic rings. The molecule has 2 aromatic heterocycles. The van der Waals surface area contributed by atoms with Crippen LogP contribution in [0.25, 0.3) is 44.7 Å². The quantitative estimate of drug-likeness (QED) is 0.203. The first-order valence-electron chi connectivity index (χ1n) is 9.87. The van der Waals surface area contributed by atoms with Crippen LogP contribution < -0.4 is 0 Å².